The molecule has 41 heavy (non-hydrogen) atoms. The molecule has 3 heterocycles. The number of nitrogens with zero attached hydrogens (tertiary/aromatic N) is 3. The largest absolute Gasteiger partial charge is 0.423 e. The summed E-state index contributed by atoms with van der Waals surface area (Å²) in [6.07, 6.45) is 0. The Morgan fingerprint density at radius 1 is 0.488 bits per heavy atom. The highest BCUT2D eigenvalue weighted by Gasteiger charge is 2.19. The number of para-hydroxylation sites is 5. The first-order chi connectivity index (χ1) is 20.3. The summed E-state index contributed by atoms with van der Waals surface area (Å²) in [5.74, 6) is 0. The van der Waals surface area contributed by atoms with Gasteiger partial charge in [-0.25, -0.2) is 0 Å². The first-order valence-corrected chi connectivity index (χ1v) is 13.8. The lowest BCUT2D eigenvalue weighted by Gasteiger charge is -2.09. The average Bonchev–Trinajstić information content (AvgIpc) is 3.71. The maximum Gasteiger partial charge on any atom is 0.307 e. The van der Waals surface area contributed by atoms with Crippen LogP contribution >= 0.6 is 0 Å². The first-order valence-electron chi connectivity index (χ1n) is 13.8. The molecule has 0 spiro atoms. The quantitative estimate of drug-likeness (QED) is 0.230. The molecule has 0 aliphatic carbocycles. The van der Waals surface area contributed by atoms with E-state index in [4.69, 9.17) is 9.40 Å². The van der Waals surface area contributed by atoms with Crippen LogP contribution in [0.25, 0.3) is 77.5 Å². The van der Waals surface area contributed by atoms with Crippen molar-refractivity contribution in [2.45, 2.75) is 0 Å². The number of rotatable bonds is 3. The first kappa shape index (κ1) is 22.2. The number of fused-ring (bicyclic) bond motifs is 7. The van der Waals surface area contributed by atoms with Gasteiger partial charge >= 0.3 is 6.01 Å². The molecular weight excluding hydrogens is 502 g/mol. The van der Waals surface area contributed by atoms with E-state index in [-0.39, 0.29) is 0 Å². The zero-order valence-electron chi connectivity index (χ0n) is 22.0. The van der Waals surface area contributed by atoms with Crippen LogP contribution in [0.15, 0.2) is 144 Å². The van der Waals surface area contributed by atoms with E-state index in [1.807, 2.05) is 24.3 Å². The third-order valence-electron chi connectivity index (χ3n) is 8.17. The van der Waals surface area contributed by atoms with Gasteiger partial charge in [-0.05, 0) is 65.7 Å². The van der Waals surface area contributed by atoms with Gasteiger partial charge in [0.15, 0.2) is 5.58 Å². The molecule has 0 fully saturated rings. The zero-order chi connectivity index (χ0) is 26.9. The van der Waals surface area contributed by atoms with Gasteiger partial charge in [-0.15, -0.1) is 0 Å². The number of oxazole rings is 1. The number of aromatic nitrogens is 3. The molecule has 0 atom stereocenters. The van der Waals surface area contributed by atoms with Gasteiger partial charge in [0.05, 0.1) is 22.1 Å². The molecule has 0 aliphatic rings. The molecule has 0 unspecified atom stereocenters. The van der Waals surface area contributed by atoms with Gasteiger partial charge in [0.2, 0.25) is 0 Å². The molecule has 0 N–H and O–H groups in total. The molecule has 3 aromatic heterocycles. The molecular formula is C37H23N3O. The highest BCUT2D eigenvalue weighted by molar-refractivity contribution is 6.17. The van der Waals surface area contributed by atoms with Crippen molar-refractivity contribution in [1.82, 2.24) is 14.1 Å². The minimum absolute atomic E-state index is 0.582. The Labute approximate surface area is 235 Å². The molecule has 9 rings (SSSR count). The fraction of sp³-hybridized carbons (Fsp3) is 0. The van der Waals surface area contributed by atoms with Gasteiger partial charge in [-0.2, -0.15) is 4.98 Å². The van der Waals surface area contributed by atoms with Crippen LogP contribution in [0.2, 0.25) is 0 Å². The fourth-order valence-electron chi connectivity index (χ4n) is 6.42. The van der Waals surface area contributed by atoms with Crippen molar-refractivity contribution >= 4 is 54.7 Å². The van der Waals surface area contributed by atoms with Gasteiger partial charge < -0.3 is 8.98 Å². The summed E-state index contributed by atoms with van der Waals surface area (Å²) in [4.78, 5) is 4.84. The third kappa shape index (κ3) is 3.19. The lowest BCUT2D eigenvalue weighted by atomic mass is 9.98. The second-order valence-electron chi connectivity index (χ2n) is 10.4. The van der Waals surface area contributed by atoms with Crippen LogP contribution in [-0.2, 0) is 0 Å². The van der Waals surface area contributed by atoms with Crippen molar-refractivity contribution in [2.75, 3.05) is 0 Å². The molecule has 0 radical (unpaired) electrons. The molecule has 4 nitrogen and oxygen atoms in total. The van der Waals surface area contributed by atoms with Crippen LogP contribution in [0.4, 0.5) is 0 Å². The molecule has 0 amide bonds. The average molecular weight is 526 g/mol. The maximum absolute atomic E-state index is 6.24. The Bertz CT molecular complexity index is 2390. The third-order valence-corrected chi connectivity index (χ3v) is 8.17. The van der Waals surface area contributed by atoms with Crippen LogP contribution in [0.5, 0.6) is 0 Å². The SMILES string of the molecule is c1ccc(-n2c3ccccc3c3c(-c4ccc5c(c4)c4ccccc4n5-c4nc5ccccc5o4)cccc32)cc1. The van der Waals surface area contributed by atoms with Crippen LogP contribution < -0.4 is 0 Å². The molecule has 9 aromatic rings. The molecule has 0 saturated heterocycles. The molecule has 0 saturated carbocycles. The van der Waals surface area contributed by atoms with E-state index < -0.39 is 0 Å². The molecule has 192 valence electrons. The Morgan fingerprint density at radius 3 is 2.02 bits per heavy atom. The Kier molecular flexibility index (Phi) is 4.58. The van der Waals surface area contributed by atoms with Gasteiger partial charge in [-0.1, -0.05) is 84.9 Å². The monoisotopic (exact) mass is 525 g/mol. The Morgan fingerprint density at radius 2 is 1.17 bits per heavy atom. The minimum Gasteiger partial charge on any atom is -0.423 e. The standard InChI is InChI=1S/C37H23N3O/c1-2-11-25(12-3-1)39-32-18-8-5-14-28(32)36-26(15-10-19-34(36)39)24-21-22-33-29(23-24)27-13-4-7-17-31(27)40(33)37-38-30-16-6-9-20-35(30)41-37/h1-23H. The van der Waals surface area contributed by atoms with Crippen molar-refractivity contribution in [1.29, 1.82) is 0 Å². The summed E-state index contributed by atoms with van der Waals surface area (Å²) in [5, 5.41) is 4.85. The number of benzene rings is 6. The van der Waals surface area contributed by atoms with Crippen LogP contribution in [0.3, 0.4) is 0 Å². The van der Waals surface area contributed by atoms with E-state index >= 15 is 0 Å². The summed E-state index contributed by atoms with van der Waals surface area (Å²) in [5.41, 5.74) is 9.74. The molecule has 4 heteroatoms. The normalized spacial score (nSPS) is 11.9. The Balaban J connectivity index is 1.33. The maximum atomic E-state index is 6.24. The van der Waals surface area contributed by atoms with Crippen LogP contribution in [0, 0.1) is 0 Å². The van der Waals surface area contributed by atoms with Crippen molar-refractivity contribution in [3.05, 3.63) is 140 Å². The van der Waals surface area contributed by atoms with E-state index in [9.17, 15) is 0 Å². The van der Waals surface area contributed by atoms with Crippen molar-refractivity contribution in [2.24, 2.45) is 0 Å². The van der Waals surface area contributed by atoms with Crippen molar-refractivity contribution in [3.8, 4) is 22.8 Å². The molecule has 0 aliphatic heterocycles. The molecule has 0 bridgehead atoms. The highest BCUT2D eigenvalue weighted by Crippen LogP contribution is 2.41. The summed E-state index contributed by atoms with van der Waals surface area (Å²) >= 11 is 0. The minimum atomic E-state index is 0.582. The molecule has 6 aromatic carbocycles. The van der Waals surface area contributed by atoms with Gasteiger partial charge in [0, 0.05) is 27.2 Å². The van der Waals surface area contributed by atoms with E-state index in [0.717, 1.165) is 27.8 Å². The number of hydrogen-bond acceptors (Lipinski definition) is 2. The fourth-order valence-corrected chi connectivity index (χ4v) is 6.42. The van der Waals surface area contributed by atoms with Crippen LogP contribution in [0.1, 0.15) is 0 Å². The summed E-state index contributed by atoms with van der Waals surface area (Å²) in [6, 6.07) is 49.7. The highest BCUT2D eigenvalue weighted by atomic mass is 16.4. The predicted octanol–water partition coefficient (Wildman–Crippen LogP) is 9.69. The number of hydrogen-bond donors (Lipinski definition) is 0. The van der Waals surface area contributed by atoms with E-state index in [2.05, 4.69) is 124 Å². The topological polar surface area (TPSA) is 35.9 Å². The summed E-state index contributed by atoms with van der Waals surface area (Å²) in [6.45, 7) is 0. The van der Waals surface area contributed by atoms with E-state index in [1.54, 1.807) is 0 Å². The second-order valence-corrected chi connectivity index (χ2v) is 10.4. The van der Waals surface area contributed by atoms with Crippen molar-refractivity contribution in [3.63, 3.8) is 0 Å². The van der Waals surface area contributed by atoms with Gasteiger partial charge in [-0.3, -0.25) is 4.57 Å². The lowest BCUT2D eigenvalue weighted by molar-refractivity contribution is 0.574. The van der Waals surface area contributed by atoms with Crippen molar-refractivity contribution < 1.29 is 4.42 Å². The second kappa shape index (κ2) is 8.44. The predicted molar refractivity (Wildman–Crippen MR) is 168 cm³/mol. The van der Waals surface area contributed by atoms with E-state index in [1.165, 1.54) is 43.7 Å². The lowest BCUT2D eigenvalue weighted by Crippen LogP contribution is -1.93. The summed E-state index contributed by atoms with van der Waals surface area (Å²) in [7, 11) is 0. The zero-order valence-corrected chi connectivity index (χ0v) is 22.0. The summed E-state index contributed by atoms with van der Waals surface area (Å²) < 4.78 is 10.7. The van der Waals surface area contributed by atoms with Gasteiger partial charge in [0.1, 0.15) is 5.52 Å². The van der Waals surface area contributed by atoms with Crippen LogP contribution in [-0.4, -0.2) is 14.1 Å². The Hall–Kier alpha value is -5.61. The van der Waals surface area contributed by atoms with E-state index in [0.29, 0.717) is 6.01 Å². The van der Waals surface area contributed by atoms with Gasteiger partial charge in [0.25, 0.3) is 0 Å². The smallest absolute Gasteiger partial charge is 0.307 e.